The lowest BCUT2D eigenvalue weighted by Crippen LogP contribution is -2.36. The molecule has 1 saturated heterocycles. The third-order valence-corrected chi connectivity index (χ3v) is 5.77. The van der Waals surface area contributed by atoms with Gasteiger partial charge >= 0.3 is 5.97 Å². The number of hydrogen-bond donors (Lipinski definition) is 2. The molecule has 1 heterocycles. The maximum absolute atomic E-state index is 12.7. The van der Waals surface area contributed by atoms with E-state index in [4.69, 9.17) is 14.6 Å². The minimum absolute atomic E-state index is 0.151. The van der Waals surface area contributed by atoms with Crippen LogP contribution in [0.1, 0.15) is 5.56 Å². The summed E-state index contributed by atoms with van der Waals surface area (Å²) < 4.78 is 11.4. The van der Waals surface area contributed by atoms with Gasteiger partial charge in [0, 0.05) is 9.26 Å². The van der Waals surface area contributed by atoms with Crippen LogP contribution in [0.5, 0.6) is 11.5 Å². The van der Waals surface area contributed by atoms with Crippen LogP contribution in [-0.4, -0.2) is 53.3 Å². The van der Waals surface area contributed by atoms with Crippen molar-refractivity contribution < 1.29 is 33.8 Å². The molecule has 0 atom stereocenters. The molecular weight excluding hydrogens is 551 g/mol. The number of aliphatic carboxylic acids is 1. The maximum Gasteiger partial charge on any atom is 0.341 e. The lowest BCUT2D eigenvalue weighted by molar-refractivity contribution is -0.139. The minimum Gasteiger partial charge on any atom is -0.493 e. The van der Waals surface area contributed by atoms with Gasteiger partial charge in [-0.15, -0.1) is 0 Å². The summed E-state index contributed by atoms with van der Waals surface area (Å²) in [7, 11) is 1.40. The molecule has 9 nitrogen and oxygen atoms in total. The lowest BCUT2D eigenvalue weighted by atomic mass is 10.2. The number of ether oxygens (including phenoxy) is 2. The Hall–Kier alpha value is -3.06. The Morgan fingerprint density at radius 2 is 1.88 bits per heavy atom. The fourth-order valence-electron chi connectivity index (χ4n) is 2.70. The molecule has 2 N–H and O–H groups in total. The topological polar surface area (TPSA) is 122 Å². The number of carboxylic acid groups (broad SMARTS) is 1. The van der Waals surface area contributed by atoms with Gasteiger partial charge in [-0.05, 0) is 82.4 Å². The number of nitrogens with one attached hydrogen (secondary N) is 1. The van der Waals surface area contributed by atoms with Gasteiger partial charge in [0.2, 0.25) is 5.91 Å². The highest BCUT2D eigenvalue weighted by Gasteiger charge is 2.36. The van der Waals surface area contributed by atoms with E-state index in [2.05, 4.69) is 27.9 Å². The van der Waals surface area contributed by atoms with Gasteiger partial charge in [-0.25, -0.2) is 4.79 Å². The molecule has 0 bridgehead atoms. The molecular formula is C21H17IN2O7S. The Labute approximate surface area is 200 Å². The first-order valence-corrected chi connectivity index (χ1v) is 11.0. The van der Waals surface area contributed by atoms with Crippen molar-refractivity contribution in [2.24, 2.45) is 0 Å². The Balaban J connectivity index is 1.70. The van der Waals surface area contributed by atoms with Gasteiger partial charge in [0.25, 0.3) is 11.1 Å². The molecule has 0 aliphatic carbocycles. The van der Waals surface area contributed by atoms with Crippen LogP contribution in [0, 0.1) is 3.57 Å². The fraction of sp³-hybridized carbons (Fsp3) is 0.143. The number of benzene rings is 2. The van der Waals surface area contributed by atoms with Crippen LogP contribution in [-0.2, 0) is 14.4 Å². The van der Waals surface area contributed by atoms with E-state index in [1.165, 1.54) is 19.3 Å². The van der Waals surface area contributed by atoms with E-state index in [-0.39, 0.29) is 16.4 Å². The number of nitrogens with zero attached hydrogens (tertiary/aromatic N) is 1. The van der Waals surface area contributed by atoms with Crippen LogP contribution in [0.2, 0.25) is 0 Å². The first-order valence-electron chi connectivity index (χ1n) is 9.10. The van der Waals surface area contributed by atoms with E-state index in [1.54, 1.807) is 24.3 Å². The van der Waals surface area contributed by atoms with Crippen molar-refractivity contribution in [1.82, 2.24) is 4.90 Å². The Bertz CT molecular complexity index is 1100. The van der Waals surface area contributed by atoms with Gasteiger partial charge in [-0.2, -0.15) is 0 Å². The lowest BCUT2D eigenvalue weighted by Gasteiger charge is -2.12. The molecule has 32 heavy (non-hydrogen) atoms. The second kappa shape index (κ2) is 10.5. The summed E-state index contributed by atoms with van der Waals surface area (Å²) >= 11 is 2.87. The molecule has 0 saturated carbocycles. The second-order valence-electron chi connectivity index (χ2n) is 6.42. The molecule has 0 radical (unpaired) electrons. The van der Waals surface area contributed by atoms with E-state index in [1.807, 2.05) is 12.1 Å². The monoisotopic (exact) mass is 568 g/mol. The molecule has 11 heteroatoms. The molecule has 2 aromatic rings. The molecule has 0 aromatic heterocycles. The molecule has 1 fully saturated rings. The van der Waals surface area contributed by atoms with Gasteiger partial charge in [0.15, 0.2) is 18.1 Å². The third kappa shape index (κ3) is 6.01. The summed E-state index contributed by atoms with van der Waals surface area (Å²) in [6, 6.07) is 11.8. The van der Waals surface area contributed by atoms with Crippen LogP contribution in [0.4, 0.5) is 10.5 Å². The molecule has 3 rings (SSSR count). The number of amides is 3. The number of carbonyl (C=O) groups is 4. The fourth-order valence-corrected chi connectivity index (χ4v) is 3.90. The largest absolute Gasteiger partial charge is 0.493 e. The van der Waals surface area contributed by atoms with E-state index < -0.39 is 36.2 Å². The predicted octanol–water partition coefficient (Wildman–Crippen LogP) is 3.44. The number of carbonyl (C=O) groups excluding carboxylic acids is 3. The second-order valence-corrected chi connectivity index (χ2v) is 8.65. The van der Waals surface area contributed by atoms with Gasteiger partial charge in [-0.1, -0.05) is 6.07 Å². The van der Waals surface area contributed by atoms with E-state index in [0.717, 1.165) is 20.2 Å². The standard InChI is InChI=1S/C21H17IN2O7S/c1-30-16-8-12(2-7-15(16)31-11-19(26)27)9-17-20(28)24(21(29)32-17)10-18(25)23-14-5-3-13(22)4-6-14/h2-9H,10-11H2,1H3,(H,23,25)(H,26,27)/b17-9+. The number of thioether (sulfide) groups is 1. The predicted molar refractivity (Wildman–Crippen MR) is 127 cm³/mol. The van der Waals surface area contributed by atoms with E-state index in [9.17, 15) is 19.2 Å². The number of carboxylic acids is 1. The van der Waals surface area contributed by atoms with Crippen LogP contribution < -0.4 is 14.8 Å². The van der Waals surface area contributed by atoms with Gasteiger partial charge in [0.05, 0.1) is 12.0 Å². The summed E-state index contributed by atoms with van der Waals surface area (Å²) in [5.41, 5.74) is 1.11. The highest BCUT2D eigenvalue weighted by Crippen LogP contribution is 2.34. The van der Waals surface area contributed by atoms with Crippen molar-refractivity contribution in [1.29, 1.82) is 0 Å². The molecule has 166 valence electrons. The minimum atomic E-state index is -1.13. The highest BCUT2D eigenvalue weighted by atomic mass is 127. The van der Waals surface area contributed by atoms with Gasteiger partial charge < -0.3 is 19.9 Å². The first-order chi connectivity index (χ1) is 15.3. The van der Waals surface area contributed by atoms with Crippen LogP contribution >= 0.6 is 34.4 Å². The molecule has 3 amide bonds. The van der Waals surface area contributed by atoms with Crippen molar-refractivity contribution in [2.75, 3.05) is 25.6 Å². The SMILES string of the molecule is COc1cc(/C=C2/SC(=O)N(CC(=O)Nc3ccc(I)cc3)C2=O)ccc1OCC(=O)O. The van der Waals surface area contributed by atoms with Crippen molar-refractivity contribution in [3.05, 3.63) is 56.5 Å². The molecule has 1 aliphatic rings. The number of hydrogen-bond acceptors (Lipinski definition) is 7. The van der Waals surface area contributed by atoms with Crippen LogP contribution in [0.15, 0.2) is 47.4 Å². The molecule has 0 spiro atoms. The molecule has 1 aliphatic heterocycles. The number of imide groups is 1. The number of anilines is 1. The maximum atomic E-state index is 12.7. The summed E-state index contributed by atoms with van der Waals surface area (Å²) in [4.78, 5) is 48.9. The Morgan fingerprint density at radius 3 is 2.53 bits per heavy atom. The summed E-state index contributed by atoms with van der Waals surface area (Å²) in [6.07, 6.45) is 1.49. The van der Waals surface area contributed by atoms with Crippen molar-refractivity contribution in [3.63, 3.8) is 0 Å². The normalized spacial score (nSPS) is 14.6. The first kappa shape index (κ1) is 23.6. The van der Waals surface area contributed by atoms with E-state index >= 15 is 0 Å². The van der Waals surface area contributed by atoms with Gasteiger partial charge in [-0.3, -0.25) is 19.3 Å². The van der Waals surface area contributed by atoms with Crippen LogP contribution in [0.25, 0.3) is 6.08 Å². The smallest absolute Gasteiger partial charge is 0.341 e. The molecule has 2 aromatic carbocycles. The van der Waals surface area contributed by atoms with Crippen molar-refractivity contribution in [2.45, 2.75) is 0 Å². The average Bonchev–Trinajstić information content (AvgIpc) is 3.01. The number of halogens is 1. The summed E-state index contributed by atoms with van der Waals surface area (Å²) in [6.45, 7) is -0.932. The quantitative estimate of drug-likeness (QED) is 0.367. The summed E-state index contributed by atoms with van der Waals surface area (Å²) in [5.74, 6) is -1.70. The Kier molecular flexibility index (Phi) is 7.75. The van der Waals surface area contributed by atoms with Crippen LogP contribution in [0.3, 0.4) is 0 Å². The van der Waals surface area contributed by atoms with Crippen molar-refractivity contribution >= 4 is 69.1 Å². The molecule has 0 unspecified atom stereocenters. The third-order valence-electron chi connectivity index (χ3n) is 4.14. The Morgan fingerprint density at radius 1 is 1.16 bits per heavy atom. The van der Waals surface area contributed by atoms with Gasteiger partial charge in [0.1, 0.15) is 6.54 Å². The highest BCUT2D eigenvalue weighted by molar-refractivity contribution is 14.1. The zero-order valence-electron chi connectivity index (χ0n) is 16.7. The number of rotatable bonds is 8. The average molecular weight is 568 g/mol. The zero-order valence-corrected chi connectivity index (χ0v) is 19.6. The van der Waals surface area contributed by atoms with Crippen molar-refractivity contribution in [3.8, 4) is 11.5 Å². The van der Waals surface area contributed by atoms with E-state index in [0.29, 0.717) is 11.3 Å². The summed E-state index contributed by atoms with van der Waals surface area (Å²) in [5, 5.41) is 10.8. The zero-order chi connectivity index (χ0) is 23.3. The number of methoxy groups -OCH3 is 1.